The largest absolute Gasteiger partial charge is 0.479 e. The van der Waals surface area contributed by atoms with Crippen LogP contribution >= 0.6 is 45.2 Å². The van der Waals surface area contributed by atoms with Gasteiger partial charge in [-0.2, -0.15) is 0 Å². The van der Waals surface area contributed by atoms with Crippen LogP contribution in [0.4, 0.5) is 10.5 Å². The third-order valence-corrected chi connectivity index (χ3v) is 5.83. The highest BCUT2D eigenvalue weighted by molar-refractivity contribution is 14.1. The Balaban J connectivity index is 1.72. The summed E-state index contributed by atoms with van der Waals surface area (Å²) in [6.45, 7) is 1.71. The van der Waals surface area contributed by atoms with Gasteiger partial charge in [0.15, 0.2) is 0 Å². The first-order valence-electron chi connectivity index (χ1n) is 9.05. The van der Waals surface area contributed by atoms with E-state index >= 15 is 0 Å². The number of aryl methyl sites for hydroxylation is 1. The molecule has 158 valence electrons. The number of rotatable bonds is 6. The SMILES string of the molecule is C#CCOc1c(I)cc(/C=C2/NC(=O)N(CC(=O)Nc3ccc(C)cc3)C2=O)cc1I. The number of urea groups is 1. The van der Waals surface area contributed by atoms with E-state index in [2.05, 4.69) is 61.7 Å². The van der Waals surface area contributed by atoms with E-state index in [1.807, 2.05) is 31.2 Å². The number of amides is 4. The Bertz CT molecular complexity index is 1100. The van der Waals surface area contributed by atoms with Crippen molar-refractivity contribution in [3.63, 3.8) is 0 Å². The highest BCUT2D eigenvalue weighted by atomic mass is 127. The number of terminal acetylenes is 1. The number of anilines is 1. The molecule has 0 radical (unpaired) electrons. The molecule has 2 aromatic rings. The molecule has 1 fully saturated rings. The number of carbonyl (C=O) groups is 3. The first-order chi connectivity index (χ1) is 14.8. The molecule has 9 heteroatoms. The van der Waals surface area contributed by atoms with Crippen molar-refractivity contribution in [2.75, 3.05) is 18.5 Å². The Labute approximate surface area is 206 Å². The van der Waals surface area contributed by atoms with Crippen molar-refractivity contribution in [3.05, 3.63) is 60.4 Å². The second kappa shape index (κ2) is 10.1. The lowest BCUT2D eigenvalue weighted by atomic mass is 10.2. The van der Waals surface area contributed by atoms with Crippen LogP contribution in [0.3, 0.4) is 0 Å². The van der Waals surface area contributed by atoms with Crippen LogP contribution in [0, 0.1) is 26.4 Å². The van der Waals surface area contributed by atoms with E-state index < -0.39 is 17.8 Å². The number of imide groups is 1. The summed E-state index contributed by atoms with van der Waals surface area (Å²) in [4.78, 5) is 38.1. The normalized spacial score (nSPS) is 14.4. The second-order valence-corrected chi connectivity index (χ2v) is 8.92. The van der Waals surface area contributed by atoms with Crippen molar-refractivity contribution in [1.29, 1.82) is 0 Å². The summed E-state index contributed by atoms with van der Waals surface area (Å²) >= 11 is 4.23. The molecule has 1 heterocycles. The number of ether oxygens (including phenoxy) is 1. The molecule has 0 aliphatic carbocycles. The average Bonchev–Trinajstić information content (AvgIpc) is 2.96. The lowest BCUT2D eigenvalue weighted by Gasteiger charge is -2.12. The molecule has 0 unspecified atom stereocenters. The fraction of sp³-hybridized carbons (Fsp3) is 0.136. The summed E-state index contributed by atoms with van der Waals surface area (Å²) in [5.74, 6) is 2.05. The number of nitrogens with one attached hydrogen (secondary N) is 2. The monoisotopic (exact) mass is 641 g/mol. The molecule has 7 nitrogen and oxygen atoms in total. The maximum absolute atomic E-state index is 12.7. The van der Waals surface area contributed by atoms with Crippen molar-refractivity contribution in [2.24, 2.45) is 0 Å². The first kappa shape index (κ1) is 23.1. The minimum atomic E-state index is -0.645. The molecule has 0 spiro atoms. The summed E-state index contributed by atoms with van der Waals surface area (Å²) < 4.78 is 7.17. The molecule has 0 aromatic heterocycles. The Morgan fingerprint density at radius 1 is 1.23 bits per heavy atom. The summed E-state index contributed by atoms with van der Waals surface area (Å²) in [6, 6.07) is 10.2. The molecule has 1 aliphatic heterocycles. The molecule has 31 heavy (non-hydrogen) atoms. The van der Waals surface area contributed by atoms with E-state index in [-0.39, 0.29) is 18.8 Å². The van der Waals surface area contributed by atoms with E-state index in [1.165, 1.54) is 0 Å². The van der Waals surface area contributed by atoms with Crippen LogP contribution in [-0.2, 0) is 9.59 Å². The molecule has 2 N–H and O–H groups in total. The zero-order valence-electron chi connectivity index (χ0n) is 16.4. The van der Waals surface area contributed by atoms with Gasteiger partial charge in [0.2, 0.25) is 5.91 Å². The second-order valence-electron chi connectivity index (χ2n) is 6.60. The molecule has 2 aromatic carbocycles. The van der Waals surface area contributed by atoms with Gasteiger partial charge in [-0.1, -0.05) is 23.6 Å². The van der Waals surface area contributed by atoms with Crippen LogP contribution in [0.1, 0.15) is 11.1 Å². The van der Waals surface area contributed by atoms with Crippen molar-refractivity contribution in [1.82, 2.24) is 10.2 Å². The summed E-state index contributed by atoms with van der Waals surface area (Å²) in [7, 11) is 0. The lowest BCUT2D eigenvalue weighted by Crippen LogP contribution is -2.38. The van der Waals surface area contributed by atoms with Gasteiger partial charge in [0.1, 0.15) is 24.6 Å². The van der Waals surface area contributed by atoms with Gasteiger partial charge in [0.25, 0.3) is 5.91 Å². The fourth-order valence-corrected chi connectivity index (χ4v) is 4.91. The van der Waals surface area contributed by atoms with Gasteiger partial charge >= 0.3 is 6.03 Å². The van der Waals surface area contributed by atoms with Crippen molar-refractivity contribution < 1.29 is 19.1 Å². The van der Waals surface area contributed by atoms with E-state index in [4.69, 9.17) is 11.2 Å². The Morgan fingerprint density at radius 3 is 2.48 bits per heavy atom. The number of nitrogens with zero attached hydrogens (tertiary/aromatic N) is 1. The predicted octanol–water partition coefficient (Wildman–Crippen LogP) is 3.75. The maximum Gasteiger partial charge on any atom is 0.329 e. The Hall–Kier alpha value is -2.59. The predicted molar refractivity (Wildman–Crippen MR) is 134 cm³/mol. The number of halogens is 2. The van der Waals surface area contributed by atoms with Crippen molar-refractivity contribution in [2.45, 2.75) is 6.92 Å². The smallest absolute Gasteiger partial charge is 0.329 e. The van der Waals surface area contributed by atoms with E-state index in [0.29, 0.717) is 17.0 Å². The van der Waals surface area contributed by atoms with Gasteiger partial charge in [0, 0.05) is 5.69 Å². The third kappa shape index (κ3) is 5.76. The molecule has 1 saturated heterocycles. The van der Waals surface area contributed by atoms with Crippen LogP contribution < -0.4 is 15.4 Å². The molecular weight excluding hydrogens is 624 g/mol. The van der Waals surface area contributed by atoms with Gasteiger partial charge < -0.3 is 15.4 Å². The standard InChI is InChI=1S/C22H17I2N3O4/c1-3-8-31-20-16(23)9-14(10-17(20)24)11-18-21(29)27(22(30)26-18)12-19(28)25-15-6-4-13(2)5-7-15/h1,4-7,9-11H,8,12H2,2H3,(H,25,28)(H,26,30)/b18-11+. The third-order valence-electron chi connectivity index (χ3n) is 4.23. The highest BCUT2D eigenvalue weighted by Gasteiger charge is 2.35. The fourth-order valence-electron chi connectivity index (χ4n) is 2.78. The molecule has 3 rings (SSSR count). The van der Waals surface area contributed by atoms with Crippen LogP contribution in [0.25, 0.3) is 6.08 Å². The minimum Gasteiger partial charge on any atom is -0.479 e. The maximum atomic E-state index is 12.7. The Kier molecular flexibility index (Phi) is 7.55. The zero-order valence-corrected chi connectivity index (χ0v) is 20.7. The first-order valence-corrected chi connectivity index (χ1v) is 11.2. The van der Waals surface area contributed by atoms with Crippen LogP contribution in [0.15, 0.2) is 42.1 Å². The Morgan fingerprint density at radius 2 is 1.87 bits per heavy atom. The number of hydrogen-bond acceptors (Lipinski definition) is 4. The number of carbonyl (C=O) groups excluding carboxylic acids is 3. The summed E-state index contributed by atoms with van der Waals surface area (Å²) in [6.07, 6.45) is 6.80. The highest BCUT2D eigenvalue weighted by Crippen LogP contribution is 2.30. The minimum absolute atomic E-state index is 0.0945. The van der Waals surface area contributed by atoms with Crippen molar-refractivity contribution >= 4 is 74.8 Å². The summed E-state index contributed by atoms with van der Waals surface area (Å²) in [5.41, 5.74) is 2.45. The van der Waals surface area contributed by atoms with Gasteiger partial charge in [-0.3, -0.25) is 9.59 Å². The van der Waals surface area contributed by atoms with Crippen LogP contribution in [-0.4, -0.2) is 35.9 Å². The number of hydrogen-bond donors (Lipinski definition) is 2. The van der Waals surface area contributed by atoms with E-state index in [0.717, 1.165) is 17.6 Å². The van der Waals surface area contributed by atoms with Crippen LogP contribution in [0.2, 0.25) is 0 Å². The molecular formula is C22H17I2N3O4. The van der Waals surface area contributed by atoms with Gasteiger partial charge in [0.05, 0.1) is 7.14 Å². The topological polar surface area (TPSA) is 87.7 Å². The lowest BCUT2D eigenvalue weighted by molar-refractivity contribution is -0.127. The summed E-state index contributed by atoms with van der Waals surface area (Å²) in [5, 5.41) is 5.20. The van der Waals surface area contributed by atoms with Gasteiger partial charge in [-0.25, -0.2) is 9.69 Å². The van der Waals surface area contributed by atoms with Gasteiger partial charge in [-0.05, 0) is 88.0 Å². The molecule has 0 saturated carbocycles. The molecule has 0 atom stereocenters. The molecule has 1 aliphatic rings. The molecule has 4 amide bonds. The van der Waals surface area contributed by atoms with Crippen LogP contribution in [0.5, 0.6) is 5.75 Å². The zero-order chi connectivity index (χ0) is 22.5. The van der Waals surface area contributed by atoms with E-state index in [9.17, 15) is 14.4 Å². The molecule has 0 bridgehead atoms. The average molecular weight is 641 g/mol. The number of benzene rings is 2. The van der Waals surface area contributed by atoms with E-state index in [1.54, 1.807) is 18.2 Å². The van der Waals surface area contributed by atoms with Crippen molar-refractivity contribution in [3.8, 4) is 18.1 Å². The van der Waals surface area contributed by atoms with Gasteiger partial charge in [-0.15, -0.1) is 6.42 Å². The quantitative estimate of drug-likeness (QED) is 0.218.